The van der Waals surface area contributed by atoms with Crippen LogP contribution in [0.5, 0.6) is 0 Å². The third-order valence-corrected chi connectivity index (χ3v) is 3.63. The Morgan fingerprint density at radius 2 is 2.14 bits per heavy atom. The molecule has 21 heavy (non-hydrogen) atoms. The Morgan fingerprint density at radius 1 is 1.33 bits per heavy atom. The van der Waals surface area contributed by atoms with E-state index in [0.717, 1.165) is 10.2 Å². The smallest absolute Gasteiger partial charge is 0.239 e. The standard InChI is InChI=1S/C15H17BrN4O/c1-11(13-5-3-4-8-17-13)20(2)10-15(21)19-14-7-6-12(16)9-18-14/h3-9,11H,10H2,1-2H3,(H,18,19,21)/t11-/m1/s1. The molecule has 0 bridgehead atoms. The number of hydrogen-bond donors (Lipinski definition) is 1. The molecule has 2 aromatic rings. The maximum atomic E-state index is 12.0. The van der Waals surface area contributed by atoms with Crippen molar-refractivity contribution < 1.29 is 4.79 Å². The van der Waals surface area contributed by atoms with Crippen molar-refractivity contribution in [1.82, 2.24) is 14.9 Å². The van der Waals surface area contributed by atoms with Gasteiger partial charge in [0, 0.05) is 22.9 Å². The molecule has 2 rings (SSSR count). The van der Waals surface area contributed by atoms with E-state index in [2.05, 4.69) is 31.2 Å². The number of halogens is 1. The van der Waals surface area contributed by atoms with Gasteiger partial charge in [0.2, 0.25) is 5.91 Å². The minimum absolute atomic E-state index is 0.0647. The molecule has 0 fully saturated rings. The van der Waals surface area contributed by atoms with E-state index in [1.54, 1.807) is 18.5 Å². The van der Waals surface area contributed by atoms with Crippen molar-refractivity contribution in [2.24, 2.45) is 0 Å². The first kappa shape index (κ1) is 15.6. The van der Waals surface area contributed by atoms with Crippen LogP contribution < -0.4 is 5.32 Å². The fourth-order valence-corrected chi connectivity index (χ4v) is 2.08. The van der Waals surface area contributed by atoms with Crippen LogP contribution in [-0.4, -0.2) is 34.4 Å². The second-order valence-electron chi connectivity index (χ2n) is 4.76. The van der Waals surface area contributed by atoms with Gasteiger partial charge in [-0.15, -0.1) is 0 Å². The molecular weight excluding hydrogens is 332 g/mol. The summed E-state index contributed by atoms with van der Waals surface area (Å²) in [4.78, 5) is 22.4. The molecular formula is C15H17BrN4O. The molecule has 0 unspecified atom stereocenters. The zero-order valence-corrected chi connectivity index (χ0v) is 13.5. The van der Waals surface area contributed by atoms with Crippen LogP contribution in [0.4, 0.5) is 5.82 Å². The summed E-state index contributed by atoms with van der Waals surface area (Å²) in [5.74, 6) is 0.442. The molecule has 0 radical (unpaired) electrons. The molecule has 0 aliphatic rings. The highest BCUT2D eigenvalue weighted by atomic mass is 79.9. The molecule has 1 amide bonds. The number of pyridine rings is 2. The maximum absolute atomic E-state index is 12.0. The van der Waals surface area contributed by atoms with E-state index in [1.165, 1.54) is 0 Å². The van der Waals surface area contributed by atoms with E-state index in [0.29, 0.717) is 5.82 Å². The first-order chi connectivity index (χ1) is 10.1. The first-order valence-corrected chi connectivity index (χ1v) is 7.38. The number of amides is 1. The van der Waals surface area contributed by atoms with Gasteiger partial charge in [0.1, 0.15) is 5.82 Å². The molecule has 0 aliphatic heterocycles. The first-order valence-electron chi connectivity index (χ1n) is 6.59. The predicted molar refractivity (Wildman–Crippen MR) is 85.8 cm³/mol. The predicted octanol–water partition coefficient (Wildman–Crippen LogP) is 2.87. The van der Waals surface area contributed by atoms with Crippen LogP contribution in [0.15, 0.2) is 47.2 Å². The summed E-state index contributed by atoms with van der Waals surface area (Å²) in [5.41, 5.74) is 0.939. The van der Waals surface area contributed by atoms with Crippen LogP contribution in [0, 0.1) is 0 Å². The van der Waals surface area contributed by atoms with Gasteiger partial charge < -0.3 is 5.32 Å². The molecule has 6 heteroatoms. The van der Waals surface area contributed by atoms with Gasteiger partial charge in [-0.1, -0.05) is 6.07 Å². The normalized spacial score (nSPS) is 12.2. The number of rotatable bonds is 5. The zero-order valence-electron chi connectivity index (χ0n) is 12.0. The quantitative estimate of drug-likeness (QED) is 0.902. The third kappa shape index (κ3) is 4.61. The van der Waals surface area contributed by atoms with Crippen molar-refractivity contribution in [3.05, 3.63) is 52.9 Å². The van der Waals surface area contributed by atoms with Gasteiger partial charge in [0.25, 0.3) is 0 Å². The molecule has 1 atom stereocenters. The molecule has 0 spiro atoms. The average Bonchev–Trinajstić information content (AvgIpc) is 2.49. The van der Waals surface area contributed by atoms with Crippen LogP contribution >= 0.6 is 15.9 Å². The summed E-state index contributed by atoms with van der Waals surface area (Å²) in [5, 5.41) is 2.77. The second-order valence-corrected chi connectivity index (χ2v) is 5.67. The SMILES string of the molecule is C[C@H](c1ccccn1)N(C)CC(=O)Nc1ccc(Br)cn1. The lowest BCUT2D eigenvalue weighted by atomic mass is 10.2. The van der Waals surface area contributed by atoms with Gasteiger partial charge >= 0.3 is 0 Å². The Kier molecular flexibility index (Phi) is 5.41. The Labute approximate surface area is 132 Å². The van der Waals surface area contributed by atoms with Crippen molar-refractivity contribution in [1.29, 1.82) is 0 Å². The molecule has 0 saturated carbocycles. The van der Waals surface area contributed by atoms with Crippen molar-refractivity contribution in [2.45, 2.75) is 13.0 Å². The van der Waals surface area contributed by atoms with Crippen molar-refractivity contribution >= 4 is 27.7 Å². The fraction of sp³-hybridized carbons (Fsp3) is 0.267. The van der Waals surface area contributed by atoms with Crippen LogP contribution in [0.1, 0.15) is 18.7 Å². The Bertz CT molecular complexity index is 588. The summed E-state index contributed by atoms with van der Waals surface area (Å²) in [6, 6.07) is 9.43. The van der Waals surface area contributed by atoms with Crippen molar-refractivity contribution in [3.63, 3.8) is 0 Å². The number of carbonyl (C=O) groups is 1. The molecule has 110 valence electrons. The summed E-state index contributed by atoms with van der Waals surface area (Å²) < 4.78 is 0.876. The average molecular weight is 349 g/mol. The lowest BCUT2D eigenvalue weighted by molar-refractivity contribution is -0.117. The highest BCUT2D eigenvalue weighted by molar-refractivity contribution is 9.10. The monoisotopic (exact) mass is 348 g/mol. The van der Waals surface area contributed by atoms with Crippen LogP contribution in [0.25, 0.3) is 0 Å². The van der Waals surface area contributed by atoms with Gasteiger partial charge in [-0.2, -0.15) is 0 Å². The Morgan fingerprint density at radius 3 is 2.76 bits per heavy atom. The second kappa shape index (κ2) is 7.28. The highest BCUT2D eigenvalue weighted by Gasteiger charge is 2.15. The van der Waals surface area contributed by atoms with Gasteiger partial charge in [-0.05, 0) is 54.2 Å². The van der Waals surface area contributed by atoms with Gasteiger partial charge in [0.05, 0.1) is 12.2 Å². The lowest BCUT2D eigenvalue weighted by Crippen LogP contribution is -2.32. The van der Waals surface area contributed by atoms with E-state index < -0.39 is 0 Å². The fourth-order valence-electron chi connectivity index (χ4n) is 1.84. The summed E-state index contributed by atoms with van der Waals surface area (Å²) in [6.07, 6.45) is 3.40. The molecule has 0 aromatic carbocycles. The number of carbonyl (C=O) groups excluding carboxylic acids is 1. The van der Waals surface area contributed by atoms with E-state index in [4.69, 9.17) is 0 Å². The number of nitrogens with one attached hydrogen (secondary N) is 1. The highest BCUT2D eigenvalue weighted by Crippen LogP contribution is 2.15. The number of hydrogen-bond acceptors (Lipinski definition) is 4. The van der Waals surface area contributed by atoms with Crippen molar-refractivity contribution in [2.75, 3.05) is 18.9 Å². The number of likely N-dealkylation sites (N-methyl/N-ethyl adjacent to an activating group) is 1. The number of nitrogens with zero attached hydrogens (tertiary/aromatic N) is 3. The Hall–Kier alpha value is -1.79. The largest absolute Gasteiger partial charge is 0.310 e. The summed E-state index contributed by atoms with van der Waals surface area (Å²) in [7, 11) is 1.90. The van der Waals surface area contributed by atoms with E-state index >= 15 is 0 Å². The van der Waals surface area contributed by atoms with E-state index in [9.17, 15) is 4.79 Å². The molecule has 0 saturated heterocycles. The Balaban J connectivity index is 1.91. The van der Waals surface area contributed by atoms with Gasteiger partial charge in [-0.3, -0.25) is 14.7 Å². The zero-order chi connectivity index (χ0) is 15.2. The van der Waals surface area contributed by atoms with Gasteiger partial charge in [0.15, 0.2) is 0 Å². The summed E-state index contributed by atoms with van der Waals surface area (Å²) >= 11 is 3.31. The minimum Gasteiger partial charge on any atom is -0.310 e. The lowest BCUT2D eigenvalue weighted by Gasteiger charge is -2.23. The molecule has 0 aliphatic carbocycles. The molecule has 2 aromatic heterocycles. The van der Waals surface area contributed by atoms with Crippen LogP contribution in [0.3, 0.4) is 0 Å². The molecule has 1 N–H and O–H groups in total. The van der Waals surface area contributed by atoms with Crippen molar-refractivity contribution in [3.8, 4) is 0 Å². The minimum atomic E-state index is -0.102. The van der Waals surface area contributed by atoms with Crippen LogP contribution in [-0.2, 0) is 4.79 Å². The van der Waals surface area contributed by atoms with Crippen LogP contribution in [0.2, 0.25) is 0 Å². The summed E-state index contributed by atoms with van der Waals surface area (Å²) in [6.45, 7) is 2.29. The maximum Gasteiger partial charge on any atom is 0.239 e. The molecule has 2 heterocycles. The van der Waals surface area contributed by atoms with Gasteiger partial charge in [-0.25, -0.2) is 4.98 Å². The third-order valence-electron chi connectivity index (χ3n) is 3.16. The van der Waals surface area contributed by atoms with E-state index in [1.807, 2.05) is 43.1 Å². The number of anilines is 1. The molecule has 5 nitrogen and oxygen atoms in total. The number of aromatic nitrogens is 2. The topological polar surface area (TPSA) is 58.1 Å². The van der Waals surface area contributed by atoms with E-state index in [-0.39, 0.29) is 18.5 Å².